The number of rotatable bonds is 1. The number of para-hydroxylation sites is 1. The standard InChI is InChI=1S/C9H6INO2/c10-7-3-5-8-4-1-2-6-9(8)11(12)13/h1-2,4,6H,7H2. The van der Waals surface area contributed by atoms with Gasteiger partial charge in [0.05, 0.1) is 9.35 Å². The zero-order chi connectivity index (χ0) is 9.68. The number of benzene rings is 1. The molecule has 0 fully saturated rings. The Morgan fingerprint density at radius 1 is 1.46 bits per heavy atom. The highest BCUT2D eigenvalue weighted by molar-refractivity contribution is 14.1. The molecule has 66 valence electrons. The Kier molecular flexibility index (Phi) is 3.71. The van der Waals surface area contributed by atoms with Crippen LogP contribution < -0.4 is 0 Å². The summed E-state index contributed by atoms with van der Waals surface area (Å²) in [6.07, 6.45) is 0. The monoisotopic (exact) mass is 287 g/mol. The maximum absolute atomic E-state index is 10.5. The molecule has 0 spiro atoms. The summed E-state index contributed by atoms with van der Waals surface area (Å²) < 4.78 is 0.670. The van der Waals surface area contributed by atoms with Gasteiger partial charge in [-0.25, -0.2) is 0 Å². The molecule has 0 radical (unpaired) electrons. The van der Waals surface area contributed by atoms with E-state index in [0.29, 0.717) is 9.99 Å². The first-order valence-electron chi connectivity index (χ1n) is 3.54. The Balaban J connectivity index is 3.12. The van der Waals surface area contributed by atoms with Crippen LogP contribution in [-0.4, -0.2) is 9.35 Å². The van der Waals surface area contributed by atoms with Gasteiger partial charge in [0, 0.05) is 6.07 Å². The van der Waals surface area contributed by atoms with Crippen LogP contribution in [0.1, 0.15) is 5.56 Å². The van der Waals surface area contributed by atoms with Crippen LogP contribution in [0.2, 0.25) is 0 Å². The van der Waals surface area contributed by atoms with Gasteiger partial charge < -0.3 is 0 Å². The number of nitrogens with zero attached hydrogens (tertiary/aromatic N) is 1. The molecule has 0 atom stereocenters. The summed E-state index contributed by atoms with van der Waals surface area (Å²) in [5.74, 6) is 5.54. The SMILES string of the molecule is O=[N+]([O-])c1ccccc1C#CCI. The first-order chi connectivity index (χ1) is 6.25. The van der Waals surface area contributed by atoms with Crippen molar-refractivity contribution in [2.45, 2.75) is 0 Å². The van der Waals surface area contributed by atoms with Gasteiger partial charge in [0.25, 0.3) is 5.69 Å². The highest BCUT2D eigenvalue weighted by Gasteiger charge is 2.08. The molecule has 1 aromatic rings. The Labute approximate surface area is 89.4 Å². The first-order valence-corrected chi connectivity index (χ1v) is 5.06. The van der Waals surface area contributed by atoms with Crippen LogP contribution in [0, 0.1) is 22.0 Å². The van der Waals surface area contributed by atoms with Gasteiger partial charge in [-0.05, 0) is 6.07 Å². The van der Waals surface area contributed by atoms with E-state index in [2.05, 4.69) is 34.4 Å². The zero-order valence-electron chi connectivity index (χ0n) is 6.66. The van der Waals surface area contributed by atoms with Crippen molar-refractivity contribution in [2.75, 3.05) is 4.43 Å². The predicted octanol–water partition coefficient (Wildman–Crippen LogP) is 2.38. The third-order valence-corrected chi connectivity index (χ3v) is 1.77. The molecule has 13 heavy (non-hydrogen) atoms. The number of nitro benzene ring substituents is 1. The van der Waals surface area contributed by atoms with Crippen LogP contribution in [-0.2, 0) is 0 Å². The molecule has 0 saturated heterocycles. The average Bonchev–Trinajstić information content (AvgIpc) is 2.15. The fourth-order valence-electron chi connectivity index (χ4n) is 0.867. The maximum Gasteiger partial charge on any atom is 0.284 e. The van der Waals surface area contributed by atoms with Crippen molar-refractivity contribution < 1.29 is 4.92 Å². The van der Waals surface area contributed by atoms with Gasteiger partial charge in [-0.1, -0.05) is 46.6 Å². The molecule has 0 amide bonds. The summed E-state index contributed by atoms with van der Waals surface area (Å²) >= 11 is 2.10. The van der Waals surface area contributed by atoms with Crippen molar-refractivity contribution in [1.82, 2.24) is 0 Å². The van der Waals surface area contributed by atoms with Crippen LogP contribution in [0.25, 0.3) is 0 Å². The third kappa shape index (κ3) is 2.70. The van der Waals surface area contributed by atoms with E-state index < -0.39 is 4.92 Å². The van der Waals surface area contributed by atoms with Gasteiger partial charge in [-0.2, -0.15) is 0 Å². The minimum absolute atomic E-state index is 0.0693. The molecule has 0 heterocycles. The van der Waals surface area contributed by atoms with Crippen molar-refractivity contribution >= 4 is 28.3 Å². The van der Waals surface area contributed by atoms with Crippen molar-refractivity contribution in [1.29, 1.82) is 0 Å². The number of nitro groups is 1. The lowest BCUT2D eigenvalue weighted by Crippen LogP contribution is -1.91. The third-order valence-electron chi connectivity index (χ3n) is 1.39. The molecule has 0 aliphatic rings. The van der Waals surface area contributed by atoms with E-state index in [1.54, 1.807) is 18.2 Å². The molecule has 0 unspecified atom stereocenters. The summed E-state index contributed by atoms with van der Waals surface area (Å²) in [4.78, 5) is 10.1. The molecule has 0 aromatic heterocycles. The van der Waals surface area contributed by atoms with Crippen molar-refractivity contribution in [3.05, 3.63) is 39.9 Å². The van der Waals surface area contributed by atoms with Crippen molar-refractivity contribution in [3.63, 3.8) is 0 Å². The Morgan fingerprint density at radius 2 is 2.15 bits per heavy atom. The largest absolute Gasteiger partial charge is 0.284 e. The normalized spacial score (nSPS) is 8.69. The molecular weight excluding hydrogens is 281 g/mol. The number of hydrogen-bond donors (Lipinski definition) is 0. The minimum atomic E-state index is -0.419. The van der Waals surface area contributed by atoms with Gasteiger partial charge in [0.15, 0.2) is 0 Å². The summed E-state index contributed by atoms with van der Waals surface area (Å²) in [7, 11) is 0. The lowest BCUT2D eigenvalue weighted by atomic mass is 10.2. The second-order valence-electron chi connectivity index (χ2n) is 2.21. The molecule has 0 bridgehead atoms. The van der Waals surface area contributed by atoms with Gasteiger partial charge in [0.1, 0.15) is 5.56 Å². The van der Waals surface area contributed by atoms with Crippen molar-refractivity contribution in [3.8, 4) is 11.8 Å². The first kappa shape index (κ1) is 9.99. The molecular formula is C9H6INO2. The topological polar surface area (TPSA) is 43.1 Å². The van der Waals surface area contributed by atoms with E-state index in [-0.39, 0.29) is 5.69 Å². The Bertz CT molecular complexity index is 379. The van der Waals surface area contributed by atoms with Crippen molar-refractivity contribution in [2.24, 2.45) is 0 Å². The highest BCUT2D eigenvalue weighted by atomic mass is 127. The van der Waals surface area contributed by atoms with Crippen LogP contribution in [0.3, 0.4) is 0 Å². The molecule has 1 rings (SSSR count). The Hall–Kier alpha value is -1.09. The minimum Gasteiger partial charge on any atom is -0.258 e. The van der Waals surface area contributed by atoms with E-state index in [9.17, 15) is 10.1 Å². The summed E-state index contributed by atoms with van der Waals surface area (Å²) in [6, 6.07) is 6.48. The molecule has 0 saturated carbocycles. The van der Waals surface area contributed by atoms with E-state index in [4.69, 9.17) is 0 Å². The average molecular weight is 287 g/mol. The molecule has 0 aliphatic carbocycles. The lowest BCUT2D eigenvalue weighted by Gasteiger charge is -1.92. The highest BCUT2D eigenvalue weighted by Crippen LogP contribution is 2.15. The Morgan fingerprint density at radius 3 is 2.77 bits per heavy atom. The number of halogens is 1. The van der Waals surface area contributed by atoms with E-state index in [1.165, 1.54) is 6.07 Å². The van der Waals surface area contributed by atoms with Gasteiger partial charge in [-0.3, -0.25) is 10.1 Å². The van der Waals surface area contributed by atoms with Crippen LogP contribution in [0.15, 0.2) is 24.3 Å². The van der Waals surface area contributed by atoms with Crippen LogP contribution in [0.4, 0.5) is 5.69 Å². The summed E-state index contributed by atoms with van der Waals surface area (Å²) in [5, 5.41) is 10.5. The van der Waals surface area contributed by atoms with Crippen LogP contribution in [0.5, 0.6) is 0 Å². The molecule has 3 nitrogen and oxygen atoms in total. The van der Waals surface area contributed by atoms with Gasteiger partial charge in [-0.15, -0.1) is 0 Å². The van der Waals surface area contributed by atoms with Crippen LogP contribution >= 0.6 is 22.6 Å². The number of alkyl halides is 1. The molecule has 0 aliphatic heterocycles. The summed E-state index contributed by atoms with van der Waals surface area (Å²) in [5.41, 5.74) is 0.545. The maximum atomic E-state index is 10.5. The molecule has 4 heteroatoms. The number of hydrogen-bond acceptors (Lipinski definition) is 2. The fraction of sp³-hybridized carbons (Fsp3) is 0.111. The van der Waals surface area contributed by atoms with E-state index >= 15 is 0 Å². The lowest BCUT2D eigenvalue weighted by molar-refractivity contribution is -0.385. The van der Waals surface area contributed by atoms with E-state index in [0.717, 1.165) is 0 Å². The van der Waals surface area contributed by atoms with Gasteiger partial charge in [0.2, 0.25) is 0 Å². The van der Waals surface area contributed by atoms with E-state index in [1.807, 2.05) is 0 Å². The summed E-state index contributed by atoms with van der Waals surface area (Å²) in [6.45, 7) is 0. The predicted molar refractivity (Wildman–Crippen MR) is 58.9 cm³/mol. The molecule has 1 aromatic carbocycles. The second kappa shape index (κ2) is 4.82. The smallest absolute Gasteiger partial charge is 0.258 e. The fourth-order valence-corrected chi connectivity index (χ4v) is 1.06. The zero-order valence-corrected chi connectivity index (χ0v) is 8.82. The molecule has 0 N–H and O–H groups in total. The van der Waals surface area contributed by atoms with Gasteiger partial charge >= 0.3 is 0 Å². The second-order valence-corrected chi connectivity index (χ2v) is 2.97. The quantitative estimate of drug-likeness (QED) is 0.262.